The standard InChI is InChI=1S/C26H28N2OS.V/c1-9-20(16-27-26-28-23-12-11-19(7)15-25(23)30-26)21(13-17(3)4)22(14-18(5)6)24(10-2)29-8;/h2,9,11-15H,3H2,1,4-8H3,(H,27,28);/b20-9-,21-13+,24-22-;. The Kier molecular flexibility index (Phi) is 8.89. The molecular formula is C26H28N2OSV. The molecule has 0 saturated carbocycles. The van der Waals surface area contributed by atoms with Gasteiger partial charge >= 0.3 is 199 Å². The molecule has 0 atom stereocenters. The number of allylic oxidation sites excluding steroid dienone is 7. The van der Waals surface area contributed by atoms with Crippen LogP contribution >= 0.6 is 11.3 Å². The second-order valence-corrected chi connectivity index (χ2v) is 9.11. The van der Waals surface area contributed by atoms with Gasteiger partial charge in [-0.2, -0.15) is 0 Å². The Morgan fingerprint density at radius 1 is 1.26 bits per heavy atom. The third-order valence-electron chi connectivity index (χ3n) is 4.30. The molecule has 159 valence electrons. The van der Waals surface area contributed by atoms with E-state index >= 15 is 0 Å². The minimum atomic E-state index is 0.476. The molecule has 0 aliphatic rings. The third kappa shape index (κ3) is 6.45. The van der Waals surface area contributed by atoms with Crippen molar-refractivity contribution in [1.29, 1.82) is 0 Å². The number of anilines is 1. The Bertz CT molecular complexity index is 1180. The van der Waals surface area contributed by atoms with E-state index in [1.165, 1.54) is 5.56 Å². The van der Waals surface area contributed by atoms with Crippen LogP contribution in [0.4, 0.5) is 5.13 Å². The van der Waals surface area contributed by atoms with Crippen LogP contribution in [0.15, 0.2) is 76.6 Å². The topological polar surface area (TPSA) is 34.1 Å². The number of ether oxygens (including phenoxy) is 1. The van der Waals surface area contributed by atoms with Crippen LogP contribution in [0.5, 0.6) is 0 Å². The first kappa shape index (κ1) is 24.7. The Balaban J connectivity index is 2.54. The maximum absolute atomic E-state index is 5.76. The van der Waals surface area contributed by atoms with Crippen molar-refractivity contribution in [2.24, 2.45) is 0 Å². The van der Waals surface area contributed by atoms with Crippen LogP contribution in [0.2, 0.25) is 0 Å². The number of hydrogen-bond acceptors (Lipinski definition) is 4. The summed E-state index contributed by atoms with van der Waals surface area (Å²) in [5, 5.41) is 4.30. The Morgan fingerprint density at radius 3 is 2.52 bits per heavy atom. The number of benzene rings is 1. The first-order valence-electron chi connectivity index (χ1n) is 9.84. The van der Waals surface area contributed by atoms with Crippen LogP contribution in [0, 0.1) is 19.3 Å². The van der Waals surface area contributed by atoms with Gasteiger partial charge in [0.25, 0.3) is 0 Å². The zero-order valence-electron chi connectivity index (χ0n) is 19.0. The van der Waals surface area contributed by atoms with E-state index in [9.17, 15) is 0 Å². The third-order valence-corrected chi connectivity index (χ3v) is 5.78. The normalized spacial score (nSPS) is 12.6. The molecule has 1 heterocycles. The maximum atomic E-state index is 5.76. The number of methoxy groups -OCH3 is 1. The zero-order valence-corrected chi connectivity index (χ0v) is 21.2. The minimum absolute atomic E-state index is 0.476. The number of rotatable bonds is 8. The van der Waals surface area contributed by atoms with E-state index in [2.05, 4.69) is 59.9 Å². The summed E-state index contributed by atoms with van der Waals surface area (Å²) in [5.41, 5.74) is 6.99. The van der Waals surface area contributed by atoms with Gasteiger partial charge in [0.05, 0.1) is 0 Å². The second-order valence-electron chi connectivity index (χ2n) is 7.38. The van der Waals surface area contributed by atoms with Gasteiger partial charge in [0.15, 0.2) is 0 Å². The van der Waals surface area contributed by atoms with Crippen LogP contribution < -0.4 is 5.32 Å². The first-order chi connectivity index (χ1) is 14.7. The number of terminal acetylenes is 1. The molecule has 0 amide bonds. The van der Waals surface area contributed by atoms with E-state index in [1.54, 1.807) is 18.4 Å². The zero-order chi connectivity index (χ0) is 23.1. The van der Waals surface area contributed by atoms with Gasteiger partial charge in [0.1, 0.15) is 0 Å². The van der Waals surface area contributed by atoms with Gasteiger partial charge in [-0.1, -0.05) is 0 Å². The molecule has 0 spiro atoms. The van der Waals surface area contributed by atoms with Crippen LogP contribution in [0.1, 0.15) is 33.3 Å². The Hall–Kier alpha value is -2.58. The van der Waals surface area contributed by atoms with Gasteiger partial charge in [-0.05, 0) is 0 Å². The van der Waals surface area contributed by atoms with E-state index in [1.807, 2.05) is 45.9 Å². The SMILES string of the molecule is C#C/C(OC)=C(C=C(C)C)/C(=C/C(=C)C)C(=C\C)/[C](=[V])Nc1nc2ccc(C)cc2s1. The van der Waals surface area contributed by atoms with Crippen LogP contribution in [-0.2, 0) is 21.7 Å². The van der Waals surface area contributed by atoms with Crippen LogP contribution in [0.3, 0.4) is 0 Å². The number of thiazole rings is 1. The summed E-state index contributed by atoms with van der Waals surface area (Å²) in [6.07, 6.45) is 11.9. The number of aryl methyl sites for hydroxylation is 1. The monoisotopic (exact) mass is 467 g/mol. The molecular weight excluding hydrogens is 439 g/mol. The fourth-order valence-corrected chi connectivity index (χ4v) is 4.67. The van der Waals surface area contributed by atoms with Crippen molar-refractivity contribution in [2.75, 3.05) is 12.4 Å². The summed E-state index contributed by atoms with van der Waals surface area (Å²) in [6, 6.07) is 6.28. The number of nitrogens with one attached hydrogen (secondary N) is 1. The van der Waals surface area contributed by atoms with Crippen molar-refractivity contribution < 1.29 is 21.7 Å². The Morgan fingerprint density at radius 2 is 1.97 bits per heavy atom. The summed E-state index contributed by atoms with van der Waals surface area (Å²) in [5.74, 6) is 3.15. The molecule has 2 rings (SSSR count). The van der Waals surface area contributed by atoms with Crippen molar-refractivity contribution >= 4 is 31.0 Å². The van der Waals surface area contributed by atoms with Gasteiger partial charge in [-0.15, -0.1) is 0 Å². The molecule has 0 fully saturated rings. The summed E-state index contributed by atoms with van der Waals surface area (Å²) in [7, 11) is 1.59. The molecule has 0 saturated heterocycles. The second kappa shape index (κ2) is 11.2. The van der Waals surface area contributed by atoms with E-state index in [0.29, 0.717) is 5.76 Å². The molecule has 1 aromatic heterocycles. The van der Waals surface area contributed by atoms with Gasteiger partial charge in [0.2, 0.25) is 0 Å². The van der Waals surface area contributed by atoms with E-state index in [4.69, 9.17) is 16.1 Å². The molecule has 31 heavy (non-hydrogen) atoms. The Labute approximate surface area is 198 Å². The van der Waals surface area contributed by atoms with Gasteiger partial charge in [0, 0.05) is 0 Å². The summed E-state index contributed by atoms with van der Waals surface area (Å²) < 4.78 is 7.59. The van der Waals surface area contributed by atoms with E-state index in [-0.39, 0.29) is 0 Å². The number of hydrogen-bond donors (Lipinski definition) is 1. The summed E-state index contributed by atoms with van der Waals surface area (Å²) >= 11 is 4.23. The predicted molar refractivity (Wildman–Crippen MR) is 132 cm³/mol. The predicted octanol–water partition coefficient (Wildman–Crippen LogP) is 6.64. The van der Waals surface area contributed by atoms with Crippen molar-refractivity contribution in [1.82, 2.24) is 4.98 Å². The molecule has 5 heteroatoms. The molecule has 0 bridgehead atoms. The van der Waals surface area contributed by atoms with Gasteiger partial charge in [-0.25, -0.2) is 0 Å². The molecule has 1 aromatic carbocycles. The number of fused-ring (bicyclic) bond motifs is 1. The first-order valence-corrected chi connectivity index (χ1v) is 11.4. The molecule has 1 N–H and O–H groups in total. The van der Waals surface area contributed by atoms with E-state index < -0.39 is 0 Å². The van der Waals surface area contributed by atoms with E-state index in [0.717, 1.165) is 47.6 Å². The van der Waals surface area contributed by atoms with Crippen molar-refractivity contribution in [3.63, 3.8) is 0 Å². The average molecular weight is 468 g/mol. The summed E-state index contributed by atoms with van der Waals surface area (Å²) in [6.45, 7) is 14.2. The summed E-state index contributed by atoms with van der Waals surface area (Å²) in [4.78, 5) is 4.72. The van der Waals surface area contributed by atoms with Crippen LogP contribution in [-0.4, -0.2) is 16.4 Å². The fraction of sp³-hybridized carbons (Fsp3) is 0.231. The van der Waals surface area contributed by atoms with Crippen molar-refractivity contribution in [2.45, 2.75) is 34.6 Å². The molecule has 0 unspecified atom stereocenters. The van der Waals surface area contributed by atoms with Crippen molar-refractivity contribution in [3.8, 4) is 12.3 Å². The van der Waals surface area contributed by atoms with Crippen LogP contribution in [0.25, 0.3) is 10.2 Å². The fourth-order valence-electron chi connectivity index (χ4n) is 3.02. The molecule has 2 aromatic rings. The number of aromatic nitrogens is 1. The molecule has 0 radical (unpaired) electrons. The number of nitrogens with zero attached hydrogens (tertiary/aromatic N) is 1. The van der Waals surface area contributed by atoms with Gasteiger partial charge < -0.3 is 0 Å². The quantitative estimate of drug-likeness (QED) is 0.268. The van der Waals surface area contributed by atoms with Gasteiger partial charge in [-0.3, -0.25) is 0 Å². The molecule has 0 aliphatic heterocycles. The van der Waals surface area contributed by atoms with Crippen molar-refractivity contribution in [3.05, 3.63) is 82.2 Å². The average Bonchev–Trinajstić information content (AvgIpc) is 3.08. The molecule has 0 aliphatic carbocycles. The molecule has 3 nitrogen and oxygen atoms in total.